The Morgan fingerprint density at radius 1 is 1.47 bits per heavy atom. The second-order valence-corrected chi connectivity index (χ2v) is 4.13. The number of carbonyl (C=O) groups is 2. The van der Waals surface area contributed by atoms with E-state index in [9.17, 15) is 9.59 Å². The lowest BCUT2D eigenvalue weighted by molar-refractivity contribution is -0.143. The van der Waals surface area contributed by atoms with Crippen molar-refractivity contribution in [1.82, 2.24) is 5.32 Å². The lowest BCUT2D eigenvalue weighted by Gasteiger charge is -2.15. The van der Waals surface area contributed by atoms with E-state index in [1.54, 1.807) is 24.3 Å². The number of amides is 1. The second kappa shape index (κ2) is 7.39. The molecule has 1 aromatic rings. The Balaban J connectivity index is 2.79. The van der Waals surface area contributed by atoms with Crippen LogP contribution >= 0.6 is 11.6 Å². The molecule has 0 bridgehead atoms. The Morgan fingerprint density at radius 2 is 2.16 bits per heavy atom. The highest BCUT2D eigenvalue weighted by atomic mass is 35.5. The third-order valence-corrected chi connectivity index (χ3v) is 2.78. The fourth-order valence-corrected chi connectivity index (χ4v) is 1.70. The Labute approximate surface area is 116 Å². The Hall–Kier alpha value is -2.06. The number of carbonyl (C=O) groups excluding carboxylic acids is 2. The maximum absolute atomic E-state index is 12.0. The van der Waals surface area contributed by atoms with Gasteiger partial charge in [-0.05, 0) is 18.6 Å². The number of esters is 1. The van der Waals surface area contributed by atoms with Crippen molar-refractivity contribution in [3.63, 3.8) is 0 Å². The molecule has 100 valence electrons. The smallest absolute Gasteiger partial charge is 0.328 e. The first-order chi connectivity index (χ1) is 9.10. The number of nitrogens with one attached hydrogen (secondary N) is 1. The molecule has 0 saturated carbocycles. The first-order valence-corrected chi connectivity index (χ1v) is 5.98. The third kappa shape index (κ3) is 4.27. The van der Waals surface area contributed by atoms with Gasteiger partial charge in [0.15, 0.2) is 0 Å². The molecule has 0 aliphatic rings. The number of hydrogen-bond donors (Lipinski definition) is 1. The predicted molar refractivity (Wildman–Crippen MR) is 69.6 cm³/mol. The second-order valence-electron chi connectivity index (χ2n) is 3.73. The van der Waals surface area contributed by atoms with Gasteiger partial charge >= 0.3 is 5.97 Å². The molecule has 1 aromatic carbocycles. The summed E-state index contributed by atoms with van der Waals surface area (Å²) < 4.78 is 4.58. The van der Waals surface area contributed by atoms with Crippen LogP contribution in [0.25, 0.3) is 0 Å². The van der Waals surface area contributed by atoms with E-state index >= 15 is 0 Å². The molecule has 0 aromatic heterocycles. The molecule has 1 N–H and O–H groups in total. The van der Waals surface area contributed by atoms with E-state index in [2.05, 4.69) is 10.1 Å². The summed E-state index contributed by atoms with van der Waals surface area (Å²) >= 11 is 5.89. The van der Waals surface area contributed by atoms with Gasteiger partial charge in [0.05, 0.1) is 23.8 Å². The van der Waals surface area contributed by atoms with Gasteiger partial charge in [-0.2, -0.15) is 5.26 Å². The van der Waals surface area contributed by atoms with Crippen molar-refractivity contribution < 1.29 is 14.3 Å². The minimum Gasteiger partial charge on any atom is -0.467 e. The largest absolute Gasteiger partial charge is 0.467 e. The zero-order valence-corrected chi connectivity index (χ0v) is 11.1. The van der Waals surface area contributed by atoms with Gasteiger partial charge in [0.1, 0.15) is 6.04 Å². The maximum atomic E-state index is 12.0. The summed E-state index contributed by atoms with van der Waals surface area (Å²) in [6, 6.07) is 7.57. The summed E-state index contributed by atoms with van der Waals surface area (Å²) in [5.74, 6) is -1.06. The van der Waals surface area contributed by atoms with Crippen LogP contribution in [0, 0.1) is 11.3 Å². The van der Waals surface area contributed by atoms with Crippen LogP contribution in [0.2, 0.25) is 5.02 Å². The zero-order valence-electron chi connectivity index (χ0n) is 10.4. The molecule has 0 fully saturated rings. The van der Waals surface area contributed by atoms with E-state index < -0.39 is 17.9 Å². The first kappa shape index (κ1) is 15.0. The SMILES string of the molecule is COC(=O)[C@H](CCC#N)NC(=O)c1ccccc1Cl. The van der Waals surface area contributed by atoms with E-state index in [0.717, 1.165) is 0 Å². The van der Waals surface area contributed by atoms with Crippen molar-refractivity contribution in [2.45, 2.75) is 18.9 Å². The van der Waals surface area contributed by atoms with Crippen molar-refractivity contribution in [2.24, 2.45) is 0 Å². The molecule has 0 heterocycles. The summed E-state index contributed by atoms with van der Waals surface area (Å²) in [5.41, 5.74) is 0.273. The minimum absolute atomic E-state index is 0.141. The molecule has 0 saturated heterocycles. The Bertz CT molecular complexity index is 511. The number of ether oxygens (including phenoxy) is 1. The summed E-state index contributed by atoms with van der Waals surface area (Å²) in [4.78, 5) is 23.5. The van der Waals surface area contributed by atoms with Gasteiger partial charge < -0.3 is 10.1 Å². The van der Waals surface area contributed by atoms with Crippen molar-refractivity contribution in [2.75, 3.05) is 7.11 Å². The number of nitriles is 1. The molecule has 0 aliphatic carbocycles. The highest BCUT2D eigenvalue weighted by molar-refractivity contribution is 6.33. The number of methoxy groups -OCH3 is 1. The molecule has 0 spiro atoms. The lowest BCUT2D eigenvalue weighted by atomic mass is 10.1. The third-order valence-electron chi connectivity index (χ3n) is 2.45. The van der Waals surface area contributed by atoms with Crippen molar-refractivity contribution >= 4 is 23.5 Å². The van der Waals surface area contributed by atoms with Crippen LogP contribution in [-0.4, -0.2) is 25.0 Å². The van der Waals surface area contributed by atoms with E-state index in [1.807, 2.05) is 6.07 Å². The molecule has 0 aliphatic heterocycles. The number of hydrogen-bond acceptors (Lipinski definition) is 4. The highest BCUT2D eigenvalue weighted by Gasteiger charge is 2.22. The molecule has 5 nitrogen and oxygen atoms in total. The van der Waals surface area contributed by atoms with E-state index in [1.165, 1.54) is 7.11 Å². The first-order valence-electron chi connectivity index (χ1n) is 5.60. The Kier molecular flexibility index (Phi) is 5.83. The van der Waals surface area contributed by atoms with E-state index in [0.29, 0.717) is 5.02 Å². The van der Waals surface area contributed by atoms with Gasteiger partial charge in [0.2, 0.25) is 0 Å². The molecule has 0 unspecified atom stereocenters. The summed E-state index contributed by atoms with van der Waals surface area (Å²) in [7, 11) is 1.23. The topological polar surface area (TPSA) is 79.2 Å². The molecular weight excluding hydrogens is 268 g/mol. The maximum Gasteiger partial charge on any atom is 0.328 e. The molecule has 6 heteroatoms. The number of nitrogens with zero attached hydrogens (tertiary/aromatic N) is 1. The number of benzene rings is 1. The van der Waals surface area contributed by atoms with Crippen LogP contribution in [-0.2, 0) is 9.53 Å². The monoisotopic (exact) mass is 280 g/mol. The molecule has 0 radical (unpaired) electrons. The summed E-state index contributed by atoms with van der Waals surface area (Å²) in [5, 5.41) is 11.3. The van der Waals surface area contributed by atoms with Crippen molar-refractivity contribution in [1.29, 1.82) is 5.26 Å². The standard InChI is InChI=1S/C13H13ClN2O3/c1-19-13(18)11(7-4-8-15)16-12(17)9-5-2-3-6-10(9)14/h2-3,5-6,11H,4,7H2,1H3,(H,16,17)/t11-/m0/s1. The number of halogens is 1. The van der Waals surface area contributed by atoms with Gasteiger partial charge in [-0.3, -0.25) is 4.79 Å². The van der Waals surface area contributed by atoms with Gasteiger partial charge in [-0.1, -0.05) is 23.7 Å². The predicted octanol–water partition coefficient (Wildman–Crippen LogP) is 1.92. The van der Waals surface area contributed by atoms with Crippen LogP contribution < -0.4 is 5.32 Å². The van der Waals surface area contributed by atoms with Crippen LogP contribution in [0.5, 0.6) is 0 Å². The van der Waals surface area contributed by atoms with Crippen LogP contribution in [0.15, 0.2) is 24.3 Å². The average Bonchev–Trinajstić information content (AvgIpc) is 2.42. The van der Waals surface area contributed by atoms with Crippen molar-refractivity contribution in [3.05, 3.63) is 34.9 Å². The lowest BCUT2D eigenvalue weighted by Crippen LogP contribution is -2.41. The van der Waals surface area contributed by atoms with Crippen LogP contribution in [0.1, 0.15) is 23.2 Å². The fraction of sp³-hybridized carbons (Fsp3) is 0.308. The summed E-state index contributed by atoms with van der Waals surface area (Å²) in [6.07, 6.45) is 0.335. The average molecular weight is 281 g/mol. The molecule has 19 heavy (non-hydrogen) atoms. The fourth-order valence-electron chi connectivity index (χ4n) is 1.48. The van der Waals surface area contributed by atoms with E-state index in [4.69, 9.17) is 16.9 Å². The molecular formula is C13H13ClN2O3. The van der Waals surface area contributed by atoms with Crippen LogP contribution in [0.3, 0.4) is 0 Å². The molecule has 1 rings (SSSR count). The van der Waals surface area contributed by atoms with Crippen molar-refractivity contribution in [3.8, 4) is 6.07 Å². The van der Waals surface area contributed by atoms with Gasteiger partial charge in [0, 0.05) is 6.42 Å². The Morgan fingerprint density at radius 3 is 2.74 bits per heavy atom. The number of rotatable bonds is 5. The molecule has 1 atom stereocenters. The molecule has 1 amide bonds. The van der Waals surface area contributed by atoms with Crippen LogP contribution in [0.4, 0.5) is 0 Å². The van der Waals surface area contributed by atoms with Gasteiger partial charge in [0.25, 0.3) is 5.91 Å². The summed E-state index contributed by atoms with van der Waals surface area (Å²) in [6.45, 7) is 0. The highest BCUT2D eigenvalue weighted by Crippen LogP contribution is 2.15. The van der Waals surface area contributed by atoms with Gasteiger partial charge in [-0.15, -0.1) is 0 Å². The zero-order chi connectivity index (χ0) is 14.3. The normalized spacial score (nSPS) is 11.2. The quantitative estimate of drug-likeness (QED) is 0.836. The van der Waals surface area contributed by atoms with E-state index in [-0.39, 0.29) is 18.4 Å². The van der Waals surface area contributed by atoms with Gasteiger partial charge in [-0.25, -0.2) is 4.79 Å². The minimum atomic E-state index is -0.853.